The van der Waals surface area contributed by atoms with Crippen molar-refractivity contribution in [1.82, 2.24) is 16.0 Å². The van der Waals surface area contributed by atoms with E-state index >= 15 is 0 Å². The summed E-state index contributed by atoms with van der Waals surface area (Å²) in [6.07, 6.45) is -0.000460. The molecule has 0 aromatic heterocycles. The van der Waals surface area contributed by atoms with Gasteiger partial charge in [-0.2, -0.15) is 0 Å². The van der Waals surface area contributed by atoms with Gasteiger partial charge in [0.2, 0.25) is 0 Å². The zero-order chi connectivity index (χ0) is 15.9. The largest absolute Gasteiger partial charge is 0.450 e. The highest BCUT2D eigenvalue weighted by Gasteiger charge is 2.04. The van der Waals surface area contributed by atoms with Crippen molar-refractivity contribution < 1.29 is 28.6 Å². The van der Waals surface area contributed by atoms with Crippen molar-refractivity contribution in [3.63, 3.8) is 0 Å². The van der Waals surface area contributed by atoms with Crippen LogP contribution in [0.4, 0.5) is 14.4 Å². The molecule has 0 rings (SSSR count). The maximum atomic E-state index is 11.2. The predicted molar refractivity (Wildman–Crippen MR) is 74.0 cm³/mol. The number of hydrogen-bond donors (Lipinski definition) is 3. The number of hydrogen-bond acceptors (Lipinski definition) is 6. The van der Waals surface area contributed by atoms with Crippen molar-refractivity contribution in [1.29, 1.82) is 0 Å². The Balaban J connectivity index is 3.41. The van der Waals surface area contributed by atoms with Crippen LogP contribution in [0, 0.1) is 0 Å². The quantitative estimate of drug-likeness (QED) is 0.424. The van der Waals surface area contributed by atoms with E-state index in [9.17, 15) is 14.4 Å². The van der Waals surface area contributed by atoms with Gasteiger partial charge < -0.3 is 30.2 Å². The molecule has 0 aliphatic rings. The highest BCUT2D eigenvalue weighted by atomic mass is 16.6. The minimum Gasteiger partial charge on any atom is -0.450 e. The first-order chi connectivity index (χ1) is 10.1. The third-order valence-corrected chi connectivity index (χ3v) is 2.15. The molecule has 0 fully saturated rings. The summed E-state index contributed by atoms with van der Waals surface area (Å²) in [6.45, 7) is 2.73. The van der Waals surface area contributed by atoms with Crippen molar-refractivity contribution in [2.45, 2.75) is 19.8 Å². The van der Waals surface area contributed by atoms with Gasteiger partial charge in [-0.25, -0.2) is 14.4 Å². The van der Waals surface area contributed by atoms with Crippen LogP contribution in [0.15, 0.2) is 0 Å². The summed E-state index contributed by atoms with van der Waals surface area (Å²) in [6, 6.07) is 0. The van der Waals surface area contributed by atoms with Crippen molar-refractivity contribution in [3.8, 4) is 0 Å². The lowest BCUT2D eigenvalue weighted by Crippen LogP contribution is -2.35. The van der Waals surface area contributed by atoms with Crippen LogP contribution in [-0.4, -0.2) is 58.2 Å². The van der Waals surface area contributed by atoms with E-state index in [1.54, 1.807) is 0 Å². The lowest BCUT2D eigenvalue weighted by atomic mass is 10.4. The first-order valence-electron chi connectivity index (χ1n) is 6.75. The number of ether oxygens (including phenoxy) is 3. The van der Waals surface area contributed by atoms with Crippen LogP contribution in [0.2, 0.25) is 0 Å². The summed E-state index contributed by atoms with van der Waals surface area (Å²) in [5, 5.41) is 7.15. The Labute approximate surface area is 123 Å². The van der Waals surface area contributed by atoms with E-state index in [-0.39, 0.29) is 26.3 Å². The molecule has 9 heteroatoms. The lowest BCUT2D eigenvalue weighted by molar-refractivity contribution is 0.0967. The molecule has 3 N–H and O–H groups in total. The van der Waals surface area contributed by atoms with Crippen LogP contribution in [0.5, 0.6) is 0 Å². The third-order valence-electron chi connectivity index (χ3n) is 2.15. The van der Waals surface area contributed by atoms with Crippen LogP contribution < -0.4 is 16.0 Å². The average molecular weight is 305 g/mol. The van der Waals surface area contributed by atoms with Gasteiger partial charge in [-0.1, -0.05) is 13.3 Å². The minimum atomic E-state index is -0.656. The number of nitrogens with one attached hydrogen (secondary N) is 3. The fourth-order valence-corrected chi connectivity index (χ4v) is 1.08. The molecule has 0 atom stereocenters. The molecule has 21 heavy (non-hydrogen) atoms. The molecule has 122 valence electrons. The Hall–Kier alpha value is -2.19. The summed E-state index contributed by atoms with van der Waals surface area (Å²) >= 11 is 0. The summed E-state index contributed by atoms with van der Waals surface area (Å²) in [5.41, 5.74) is 0. The lowest BCUT2D eigenvalue weighted by Gasteiger charge is -2.08. The van der Waals surface area contributed by atoms with Gasteiger partial charge in [0.05, 0.1) is 6.61 Å². The van der Waals surface area contributed by atoms with Crippen LogP contribution in [-0.2, 0) is 14.2 Å². The molecule has 0 aromatic carbocycles. The molecule has 0 unspecified atom stereocenters. The van der Waals surface area contributed by atoms with E-state index in [0.717, 1.165) is 12.8 Å². The number of alkyl carbamates (subject to hydrolysis) is 3. The summed E-state index contributed by atoms with van der Waals surface area (Å²) in [4.78, 5) is 33.0. The molecule has 0 radical (unpaired) electrons. The van der Waals surface area contributed by atoms with Gasteiger partial charge in [0, 0.05) is 20.1 Å². The molecule has 9 nitrogen and oxygen atoms in total. The molecule has 0 spiro atoms. The summed E-state index contributed by atoms with van der Waals surface area (Å²) in [5.74, 6) is 0. The van der Waals surface area contributed by atoms with Gasteiger partial charge >= 0.3 is 18.3 Å². The van der Waals surface area contributed by atoms with Crippen molar-refractivity contribution >= 4 is 18.3 Å². The van der Waals surface area contributed by atoms with Crippen LogP contribution in [0.1, 0.15) is 19.8 Å². The second-order valence-electron chi connectivity index (χ2n) is 3.86. The Morgan fingerprint density at radius 2 is 1.29 bits per heavy atom. The molecule has 0 saturated heterocycles. The Morgan fingerprint density at radius 1 is 0.810 bits per heavy atom. The van der Waals surface area contributed by atoms with E-state index < -0.39 is 18.3 Å². The topological polar surface area (TPSA) is 115 Å². The first-order valence-corrected chi connectivity index (χ1v) is 6.75. The van der Waals surface area contributed by atoms with Gasteiger partial charge in [0.15, 0.2) is 0 Å². The van der Waals surface area contributed by atoms with Crippen LogP contribution >= 0.6 is 0 Å². The van der Waals surface area contributed by atoms with E-state index in [2.05, 4.69) is 20.7 Å². The summed E-state index contributed by atoms with van der Waals surface area (Å²) < 4.78 is 14.2. The molecule has 0 saturated carbocycles. The SMILES string of the molecule is CCCCOC(=O)NCCNC(=O)OCCOC(=O)NC. The normalized spacial score (nSPS) is 9.43. The Morgan fingerprint density at radius 3 is 1.76 bits per heavy atom. The van der Waals surface area contributed by atoms with Gasteiger partial charge in [-0.05, 0) is 6.42 Å². The smallest absolute Gasteiger partial charge is 0.407 e. The number of carbonyl (C=O) groups excluding carboxylic acids is 3. The number of rotatable bonds is 9. The zero-order valence-corrected chi connectivity index (χ0v) is 12.4. The van der Waals surface area contributed by atoms with E-state index in [1.807, 2.05) is 6.92 Å². The second kappa shape index (κ2) is 12.8. The molecule has 0 aliphatic carbocycles. The average Bonchev–Trinajstić information content (AvgIpc) is 2.48. The molecular weight excluding hydrogens is 282 g/mol. The Bertz CT molecular complexity index is 324. The third kappa shape index (κ3) is 12.6. The molecule has 3 amide bonds. The van der Waals surface area contributed by atoms with E-state index in [0.29, 0.717) is 6.61 Å². The maximum Gasteiger partial charge on any atom is 0.407 e. The van der Waals surface area contributed by atoms with Crippen LogP contribution in [0.25, 0.3) is 0 Å². The zero-order valence-electron chi connectivity index (χ0n) is 12.4. The number of carbonyl (C=O) groups is 3. The van der Waals surface area contributed by atoms with Crippen molar-refractivity contribution in [3.05, 3.63) is 0 Å². The number of amides is 3. The fraction of sp³-hybridized carbons (Fsp3) is 0.750. The van der Waals surface area contributed by atoms with E-state index in [1.165, 1.54) is 7.05 Å². The molecular formula is C12H23N3O6. The van der Waals surface area contributed by atoms with Gasteiger partial charge in [0.25, 0.3) is 0 Å². The Kier molecular flexibility index (Phi) is 11.5. The molecule has 0 aromatic rings. The number of unbranched alkanes of at least 4 members (excludes halogenated alkanes) is 1. The molecule has 0 aliphatic heterocycles. The second-order valence-corrected chi connectivity index (χ2v) is 3.86. The molecule has 0 heterocycles. The highest BCUT2D eigenvalue weighted by molar-refractivity contribution is 5.68. The highest BCUT2D eigenvalue weighted by Crippen LogP contribution is 1.87. The maximum absolute atomic E-state index is 11.2. The van der Waals surface area contributed by atoms with Gasteiger partial charge in [0.1, 0.15) is 13.2 Å². The minimum absolute atomic E-state index is 0.0326. The summed E-state index contributed by atoms with van der Waals surface area (Å²) in [7, 11) is 1.43. The fourth-order valence-electron chi connectivity index (χ4n) is 1.08. The van der Waals surface area contributed by atoms with Gasteiger partial charge in [-0.3, -0.25) is 0 Å². The van der Waals surface area contributed by atoms with Crippen molar-refractivity contribution in [2.75, 3.05) is 40.0 Å². The monoisotopic (exact) mass is 305 g/mol. The van der Waals surface area contributed by atoms with Crippen molar-refractivity contribution in [2.24, 2.45) is 0 Å². The van der Waals surface area contributed by atoms with Crippen LogP contribution in [0.3, 0.4) is 0 Å². The van der Waals surface area contributed by atoms with E-state index in [4.69, 9.17) is 9.47 Å². The first kappa shape index (κ1) is 18.8. The standard InChI is InChI=1S/C12H23N3O6/c1-3-4-7-19-11(17)14-5-6-15-12(18)21-9-8-20-10(16)13-2/h3-9H2,1-2H3,(H,13,16)(H,14,17)(H,15,18). The molecule has 0 bridgehead atoms. The predicted octanol–water partition coefficient (Wildman–Crippen LogP) is 0.595. The van der Waals surface area contributed by atoms with Gasteiger partial charge in [-0.15, -0.1) is 0 Å².